The Labute approximate surface area is 54.7 Å². The minimum Gasteiger partial charge on any atom is -0.480 e. The smallest absolute Gasteiger partial charge is 0.320 e. The first-order chi connectivity index (χ1) is 4.54. The van der Waals surface area contributed by atoms with Crippen molar-refractivity contribution in [3.8, 4) is 0 Å². The summed E-state index contributed by atoms with van der Waals surface area (Å²) >= 11 is 0. The lowest BCUT2D eigenvalue weighted by Crippen LogP contribution is -2.29. The highest BCUT2D eigenvalue weighted by molar-refractivity contribution is 5.72. The molecule has 0 fully saturated rings. The Hall–Kier alpha value is -0.610. The molecule has 0 aliphatic heterocycles. The molecule has 4 nitrogen and oxygen atoms in total. The van der Waals surface area contributed by atoms with Crippen LogP contribution in [0.15, 0.2) is 0 Å². The lowest BCUT2D eigenvalue weighted by atomic mass is 10.2. The number of nitrogens with two attached hydrogens (primary N) is 1. The van der Waals surface area contributed by atoms with Gasteiger partial charge in [0.25, 0.3) is 0 Å². The van der Waals surface area contributed by atoms with Crippen LogP contribution in [-0.2, 0) is 4.79 Å². The number of carboxylic acid groups (broad SMARTS) is 1. The van der Waals surface area contributed by atoms with E-state index in [1.165, 1.54) is 0 Å². The summed E-state index contributed by atoms with van der Waals surface area (Å²) in [6.07, 6.45) is 0.244. The summed E-state index contributed by atoms with van der Waals surface area (Å²) in [6, 6.07) is -0.958. The molecule has 0 unspecified atom stereocenters. The first kappa shape index (κ1) is 6.51. The van der Waals surface area contributed by atoms with Gasteiger partial charge in [-0.15, -0.1) is 0 Å². The molecular weight excluding hydrogens is 122 g/mol. The fourth-order valence-corrected chi connectivity index (χ4v) is 0.378. The van der Waals surface area contributed by atoms with Crippen molar-refractivity contribution in [1.29, 1.82) is 0 Å². The van der Waals surface area contributed by atoms with Crippen molar-refractivity contribution in [3.63, 3.8) is 0 Å². The Kier molecular flexibility index (Phi) is 3.10. The van der Waals surface area contributed by atoms with Crippen LogP contribution >= 0.6 is 0 Å². The molecule has 0 amide bonds. The molecule has 0 bridgehead atoms. The minimum atomic E-state index is -1.22. The van der Waals surface area contributed by atoms with Crippen LogP contribution in [0.4, 0.5) is 0 Å². The lowest BCUT2D eigenvalue weighted by molar-refractivity contribution is -0.138. The maximum atomic E-state index is 10.0. The molecule has 0 rings (SSSR count). The number of hydrogen-bond donors (Lipinski definition) is 3. The number of aliphatic carboxylic acids is 1. The van der Waals surface area contributed by atoms with E-state index >= 15 is 0 Å². The third-order valence-corrected chi connectivity index (χ3v) is 0.924. The third kappa shape index (κ3) is 3.93. The molecule has 0 heterocycles. The summed E-state index contributed by atoms with van der Waals surface area (Å²) in [7, 11) is 0. The zero-order chi connectivity index (χ0) is 8.15. The molecule has 9 heavy (non-hydrogen) atoms. The fraction of sp³-hybridized carbons (Fsp3) is 0.800. The molecule has 0 saturated heterocycles. The molecule has 0 spiro atoms. The van der Waals surface area contributed by atoms with Gasteiger partial charge in [0.05, 0.1) is 1.37 Å². The van der Waals surface area contributed by atoms with Gasteiger partial charge < -0.3 is 15.9 Å². The monoisotopic (exact) mass is 134 g/mol. The van der Waals surface area contributed by atoms with Gasteiger partial charge in [0.15, 0.2) is 0 Å². The van der Waals surface area contributed by atoms with E-state index in [0.29, 0.717) is 0 Å². The Bertz CT molecular complexity index is 117. The summed E-state index contributed by atoms with van der Waals surface area (Å²) in [4.78, 5) is 10.0. The van der Waals surface area contributed by atoms with Crippen LogP contribution in [-0.4, -0.2) is 28.8 Å². The first-order valence-corrected chi connectivity index (χ1v) is 2.62. The number of aliphatic hydroxyl groups is 1. The average Bonchev–Trinajstić information content (AvgIpc) is 1.82. The van der Waals surface area contributed by atoms with Crippen molar-refractivity contribution in [2.24, 2.45) is 5.73 Å². The van der Waals surface area contributed by atoms with Crippen LogP contribution in [0.25, 0.3) is 0 Å². The maximum absolute atomic E-state index is 10.0. The molecule has 0 aromatic rings. The van der Waals surface area contributed by atoms with Crippen molar-refractivity contribution in [1.82, 2.24) is 0 Å². The Balaban J connectivity index is 3.40. The second-order valence-corrected chi connectivity index (χ2v) is 1.70. The molecule has 4 heteroatoms. The van der Waals surface area contributed by atoms with Gasteiger partial charge in [-0.1, -0.05) is 0 Å². The van der Waals surface area contributed by atoms with E-state index < -0.39 is 18.6 Å². The highest BCUT2D eigenvalue weighted by atomic mass is 16.4. The lowest BCUT2D eigenvalue weighted by Gasteiger charge is -2.02. The average molecular weight is 134 g/mol. The van der Waals surface area contributed by atoms with E-state index in [-0.39, 0.29) is 12.8 Å². The molecule has 0 saturated carbocycles. The summed E-state index contributed by atoms with van der Waals surface area (Å²) in [5.74, 6) is -1.10. The highest BCUT2D eigenvalue weighted by Gasteiger charge is 2.08. The minimum absolute atomic E-state index is 0.105. The second-order valence-electron chi connectivity index (χ2n) is 1.70. The van der Waals surface area contributed by atoms with Crippen molar-refractivity contribution >= 4 is 5.97 Å². The van der Waals surface area contributed by atoms with Gasteiger partial charge in [-0.05, 0) is 12.8 Å². The van der Waals surface area contributed by atoms with Gasteiger partial charge in [0, 0.05) is 6.58 Å². The third-order valence-electron chi connectivity index (χ3n) is 0.924. The number of carboxylic acids is 1. The first-order valence-electron chi connectivity index (χ1n) is 3.20. The van der Waals surface area contributed by atoms with Crippen LogP contribution in [0.1, 0.15) is 14.2 Å². The fourth-order valence-electron chi connectivity index (χ4n) is 0.378. The Morgan fingerprint density at radius 2 is 2.44 bits per heavy atom. The van der Waals surface area contributed by atoms with Crippen LogP contribution in [0.5, 0.6) is 0 Å². The summed E-state index contributed by atoms with van der Waals surface area (Å²) < 4.78 is 6.62. The normalized spacial score (nSPS) is 18.2. The largest absolute Gasteiger partial charge is 0.480 e. The second kappa shape index (κ2) is 4.29. The quantitative estimate of drug-likeness (QED) is 0.468. The molecule has 2 atom stereocenters. The van der Waals surface area contributed by atoms with Gasteiger partial charge in [-0.2, -0.15) is 0 Å². The number of carbonyl (C=O) groups is 1. The molecule has 54 valence electrons. The van der Waals surface area contributed by atoms with Crippen LogP contribution in [0.3, 0.4) is 0 Å². The number of aliphatic hydroxyl groups excluding tert-OH is 1. The van der Waals surface area contributed by atoms with Gasteiger partial charge in [0.2, 0.25) is 0 Å². The highest BCUT2D eigenvalue weighted by Crippen LogP contribution is 1.91. The zero-order valence-corrected chi connectivity index (χ0v) is 4.95. The zero-order valence-electron chi connectivity index (χ0n) is 5.95. The van der Waals surface area contributed by atoms with Gasteiger partial charge in [-0.25, -0.2) is 0 Å². The predicted octanol–water partition coefficient (Wildman–Crippen LogP) is -0.829. The molecular formula is C5H11NO3. The molecule has 0 aliphatic carbocycles. The molecule has 0 aromatic heterocycles. The molecule has 0 aliphatic rings. The summed E-state index contributed by atoms with van der Waals surface area (Å²) in [5, 5.41) is 16.6. The Morgan fingerprint density at radius 1 is 1.89 bits per heavy atom. The van der Waals surface area contributed by atoms with E-state index in [0.717, 1.165) is 0 Å². The maximum Gasteiger partial charge on any atom is 0.320 e. The van der Waals surface area contributed by atoms with Crippen molar-refractivity contribution < 1.29 is 16.4 Å². The number of rotatable bonds is 4. The van der Waals surface area contributed by atoms with Crippen molar-refractivity contribution in [2.45, 2.75) is 18.9 Å². The van der Waals surface area contributed by atoms with Crippen LogP contribution in [0, 0.1) is 0 Å². The summed E-state index contributed by atoms with van der Waals surface area (Å²) in [6.45, 7) is -1.22. The predicted molar refractivity (Wildman–Crippen MR) is 31.9 cm³/mol. The van der Waals surface area contributed by atoms with Gasteiger partial charge in [-0.3, -0.25) is 4.79 Å². The summed E-state index contributed by atoms with van der Waals surface area (Å²) in [5.41, 5.74) is 5.07. The van der Waals surface area contributed by atoms with Gasteiger partial charge in [0.1, 0.15) is 6.04 Å². The van der Waals surface area contributed by atoms with E-state index in [2.05, 4.69) is 0 Å². The number of hydrogen-bond acceptors (Lipinski definition) is 3. The van der Waals surface area contributed by atoms with E-state index in [9.17, 15) is 4.79 Å². The van der Waals surface area contributed by atoms with Crippen molar-refractivity contribution in [3.05, 3.63) is 0 Å². The van der Waals surface area contributed by atoms with E-state index in [4.69, 9.17) is 17.3 Å². The Morgan fingerprint density at radius 3 is 2.78 bits per heavy atom. The van der Waals surface area contributed by atoms with Crippen LogP contribution < -0.4 is 5.73 Å². The molecule has 0 aromatic carbocycles. The van der Waals surface area contributed by atoms with Crippen molar-refractivity contribution in [2.75, 3.05) is 6.58 Å². The van der Waals surface area contributed by atoms with E-state index in [1.807, 2.05) is 0 Å². The SMILES string of the molecule is [2H][C@H](O)CC[C@H](N)C(=O)O. The van der Waals surface area contributed by atoms with E-state index in [1.54, 1.807) is 0 Å². The van der Waals surface area contributed by atoms with Gasteiger partial charge >= 0.3 is 5.97 Å². The standard InChI is InChI=1S/C5H11NO3/c6-4(5(8)9)2-1-3-7/h4,7H,1-3,6H2,(H,8,9)/t4-/m0/s1/i3D/t3-,4-. The van der Waals surface area contributed by atoms with Crippen LogP contribution in [0.2, 0.25) is 0 Å². The topological polar surface area (TPSA) is 83.5 Å². The molecule has 0 radical (unpaired) electrons. The molecule has 4 N–H and O–H groups in total.